The van der Waals surface area contributed by atoms with Crippen molar-refractivity contribution in [3.05, 3.63) is 24.2 Å². The molecular weight excluding hydrogens is 194 g/mol. The van der Waals surface area contributed by atoms with Crippen molar-refractivity contribution in [3.8, 4) is 0 Å². The van der Waals surface area contributed by atoms with Crippen LogP contribution in [0.1, 0.15) is 5.76 Å². The van der Waals surface area contributed by atoms with Gasteiger partial charge in [-0.25, -0.2) is 0 Å². The van der Waals surface area contributed by atoms with Crippen LogP contribution in [0.5, 0.6) is 0 Å². The minimum Gasteiger partial charge on any atom is -0.468 e. The Balaban J connectivity index is 2.03. The molecule has 1 fully saturated rings. The zero-order valence-corrected chi connectivity index (χ0v) is 8.48. The van der Waals surface area contributed by atoms with E-state index in [1.54, 1.807) is 6.26 Å². The maximum atomic E-state index is 11.5. The Kier molecular flexibility index (Phi) is 3.03. The molecule has 1 aromatic rings. The van der Waals surface area contributed by atoms with Gasteiger partial charge >= 0.3 is 0 Å². The van der Waals surface area contributed by atoms with Gasteiger partial charge in [-0.15, -0.1) is 0 Å². The molecule has 3 N–H and O–H groups in total. The van der Waals surface area contributed by atoms with Gasteiger partial charge in [-0.1, -0.05) is 0 Å². The Morgan fingerprint density at radius 3 is 3.20 bits per heavy atom. The van der Waals surface area contributed by atoms with Crippen LogP contribution < -0.4 is 11.1 Å². The van der Waals surface area contributed by atoms with Gasteiger partial charge in [0.05, 0.1) is 12.8 Å². The van der Waals surface area contributed by atoms with E-state index >= 15 is 0 Å². The first kappa shape index (κ1) is 10.2. The minimum absolute atomic E-state index is 0.00954. The Morgan fingerprint density at radius 1 is 1.67 bits per heavy atom. The van der Waals surface area contributed by atoms with Gasteiger partial charge in [0, 0.05) is 19.6 Å². The standard InChI is InChI=1S/C10H15N3O2/c11-6-9-10(14)12-3-4-13(9)7-8-2-1-5-15-8/h1-2,5,9H,3-4,6-7,11H2,(H,12,14). The highest BCUT2D eigenvalue weighted by molar-refractivity contribution is 5.82. The van der Waals surface area contributed by atoms with E-state index < -0.39 is 0 Å². The first-order valence-corrected chi connectivity index (χ1v) is 5.05. The molecule has 1 aliphatic heterocycles. The Hall–Kier alpha value is -1.33. The summed E-state index contributed by atoms with van der Waals surface area (Å²) in [5.41, 5.74) is 5.58. The molecule has 5 nitrogen and oxygen atoms in total. The Labute approximate surface area is 88.2 Å². The third kappa shape index (κ3) is 2.19. The van der Waals surface area contributed by atoms with Gasteiger partial charge in [0.15, 0.2) is 0 Å². The molecule has 2 rings (SSSR count). The third-order valence-corrected chi connectivity index (χ3v) is 2.60. The topological polar surface area (TPSA) is 71.5 Å². The first-order chi connectivity index (χ1) is 7.31. The van der Waals surface area contributed by atoms with Crippen LogP contribution in [0.15, 0.2) is 22.8 Å². The second kappa shape index (κ2) is 4.46. The number of amides is 1. The molecule has 5 heteroatoms. The molecular formula is C10H15N3O2. The largest absolute Gasteiger partial charge is 0.468 e. The predicted molar refractivity (Wildman–Crippen MR) is 55.0 cm³/mol. The van der Waals surface area contributed by atoms with Crippen molar-refractivity contribution in [2.75, 3.05) is 19.6 Å². The van der Waals surface area contributed by atoms with Gasteiger partial charge in [0.2, 0.25) is 5.91 Å². The Morgan fingerprint density at radius 2 is 2.53 bits per heavy atom. The quantitative estimate of drug-likeness (QED) is 0.706. The molecule has 15 heavy (non-hydrogen) atoms. The zero-order valence-electron chi connectivity index (χ0n) is 8.48. The van der Waals surface area contributed by atoms with Crippen LogP contribution >= 0.6 is 0 Å². The number of piperazine rings is 1. The third-order valence-electron chi connectivity index (χ3n) is 2.60. The molecule has 0 spiro atoms. The molecule has 1 aliphatic rings. The highest BCUT2D eigenvalue weighted by Gasteiger charge is 2.28. The first-order valence-electron chi connectivity index (χ1n) is 5.05. The van der Waals surface area contributed by atoms with Gasteiger partial charge in [-0.3, -0.25) is 9.69 Å². The lowest BCUT2D eigenvalue weighted by atomic mass is 10.1. The number of nitrogens with two attached hydrogens (primary N) is 1. The summed E-state index contributed by atoms with van der Waals surface area (Å²) >= 11 is 0. The molecule has 1 saturated heterocycles. The van der Waals surface area contributed by atoms with E-state index in [0.717, 1.165) is 12.3 Å². The van der Waals surface area contributed by atoms with Crippen LogP contribution in [0.3, 0.4) is 0 Å². The molecule has 0 bridgehead atoms. The molecule has 0 saturated carbocycles. The van der Waals surface area contributed by atoms with Gasteiger partial charge in [0.1, 0.15) is 11.8 Å². The monoisotopic (exact) mass is 209 g/mol. The molecule has 1 amide bonds. The molecule has 1 atom stereocenters. The molecule has 1 unspecified atom stereocenters. The summed E-state index contributed by atoms with van der Waals surface area (Å²) in [4.78, 5) is 13.5. The average molecular weight is 209 g/mol. The number of nitrogens with one attached hydrogen (secondary N) is 1. The number of rotatable bonds is 3. The van der Waals surface area contributed by atoms with Gasteiger partial charge < -0.3 is 15.5 Å². The van der Waals surface area contributed by atoms with Gasteiger partial charge in [-0.2, -0.15) is 0 Å². The average Bonchev–Trinajstić information content (AvgIpc) is 2.71. The lowest BCUT2D eigenvalue weighted by Crippen LogP contribution is -2.57. The smallest absolute Gasteiger partial charge is 0.238 e. The zero-order chi connectivity index (χ0) is 10.7. The van der Waals surface area contributed by atoms with Crippen molar-refractivity contribution in [3.63, 3.8) is 0 Å². The van der Waals surface area contributed by atoms with E-state index in [9.17, 15) is 4.79 Å². The minimum atomic E-state index is -0.233. The number of hydrogen-bond donors (Lipinski definition) is 2. The highest BCUT2D eigenvalue weighted by Crippen LogP contribution is 2.10. The van der Waals surface area contributed by atoms with Gasteiger partial charge in [0.25, 0.3) is 0 Å². The van der Waals surface area contributed by atoms with Crippen molar-refractivity contribution in [2.45, 2.75) is 12.6 Å². The summed E-state index contributed by atoms with van der Waals surface area (Å²) in [7, 11) is 0. The van der Waals surface area contributed by atoms with Crippen LogP contribution in [0.2, 0.25) is 0 Å². The molecule has 0 aliphatic carbocycles. The van der Waals surface area contributed by atoms with Crippen LogP contribution in [-0.4, -0.2) is 36.5 Å². The van der Waals surface area contributed by atoms with Crippen LogP contribution in [0, 0.1) is 0 Å². The summed E-state index contributed by atoms with van der Waals surface area (Å²) < 4.78 is 5.25. The fourth-order valence-corrected chi connectivity index (χ4v) is 1.81. The number of nitrogens with zero attached hydrogens (tertiary/aromatic N) is 1. The van der Waals surface area contributed by atoms with Crippen LogP contribution in [0.4, 0.5) is 0 Å². The van der Waals surface area contributed by atoms with E-state index in [0.29, 0.717) is 19.6 Å². The fraction of sp³-hybridized carbons (Fsp3) is 0.500. The number of hydrogen-bond acceptors (Lipinski definition) is 4. The van der Waals surface area contributed by atoms with Gasteiger partial charge in [-0.05, 0) is 12.1 Å². The maximum absolute atomic E-state index is 11.5. The highest BCUT2D eigenvalue weighted by atomic mass is 16.3. The number of furan rings is 1. The van der Waals surface area contributed by atoms with Crippen molar-refractivity contribution < 1.29 is 9.21 Å². The summed E-state index contributed by atoms with van der Waals surface area (Å²) in [5.74, 6) is 0.874. The lowest BCUT2D eigenvalue weighted by Gasteiger charge is -2.33. The summed E-state index contributed by atoms with van der Waals surface area (Å²) in [6.07, 6.45) is 1.64. The second-order valence-corrected chi connectivity index (χ2v) is 3.59. The molecule has 0 radical (unpaired) electrons. The molecule has 82 valence electrons. The van der Waals surface area contributed by atoms with Crippen molar-refractivity contribution in [1.29, 1.82) is 0 Å². The van der Waals surface area contributed by atoms with E-state index in [-0.39, 0.29) is 11.9 Å². The maximum Gasteiger partial charge on any atom is 0.238 e. The normalized spacial score (nSPS) is 22.7. The number of carbonyl (C=O) groups excluding carboxylic acids is 1. The fourth-order valence-electron chi connectivity index (χ4n) is 1.81. The van der Waals surface area contributed by atoms with E-state index in [1.807, 2.05) is 17.0 Å². The van der Waals surface area contributed by atoms with Crippen molar-refractivity contribution in [1.82, 2.24) is 10.2 Å². The summed E-state index contributed by atoms with van der Waals surface area (Å²) in [6.45, 7) is 2.47. The van der Waals surface area contributed by atoms with Crippen molar-refractivity contribution >= 4 is 5.91 Å². The van der Waals surface area contributed by atoms with Crippen LogP contribution in [-0.2, 0) is 11.3 Å². The molecule has 2 heterocycles. The van der Waals surface area contributed by atoms with E-state index in [2.05, 4.69) is 5.32 Å². The summed E-state index contributed by atoms with van der Waals surface area (Å²) in [5, 5.41) is 2.80. The van der Waals surface area contributed by atoms with Crippen molar-refractivity contribution in [2.24, 2.45) is 5.73 Å². The number of carbonyl (C=O) groups is 1. The Bertz CT molecular complexity index is 323. The predicted octanol–water partition coefficient (Wildman–Crippen LogP) is -0.461. The van der Waals surface area contributed by atoms with E-state index in [1.165, 1.54) is 0 Å². The lowest BCUT2D eigenvalue weighted by molar-refractivity contribution is -0.128. The SMILES string of the molecule is NCC1C(=O)NCCN1Cc1ccco1. The van der Waals surface area contributed by atoms with E-state index in [4.69, 9.17) is 10.2 Å². The second-order valence-electron chi connectivity index (χ2n) is 3.59. The van der Waals surface area contributed by atoms with Crippen LogP contribution in [0.25, 0.3) is 0 Å². The summed E-state index contributed by atoms with van der Waals surface area (Å²) in [6, 6.07) is 3.51. The molecule has 0 aromatic carbocycles. The molecule has 1 aromatic heterocycles.